The molecule has 2 aromatic rings. The SMILES string of the molecule is C/C(=N\O)c1cccc(OCCc2ccncc2)c1. The molecule has 0 spiro atoms. The van der Waals surface area contributed by atoms with E-state index in [-0.39, 0.29) is 0 Å². The minimum Gasteiger partial charge on any atom is -0.493 e. The highest BCUT2D eigenvalue weighted by Gasteiger charge is 2.01. The molecule has 1 N–H and O–H groups in total. The van der Waals surface area contributed by atoms with Crippen molar-refractivity contribution in [2.45, 2.75) is 13.3 Å². The molecule has 0 aliphatic rings. The topological polar surface area (TPSA) is 54.7 Å². The van der Waals surface area contributed by atoms with Crippen LogP contribution in [0.3, 0.4) is 0 Å². The third kappa shape index (κ3) is 3.81. The molecule has 0 atom stereocenters. The summed E-state index contributed by atoms with van der Waals surface area (Å²) in [6, 6.07) is 11.5. The van der Waals surface area contributed by atoms with Crippen molar-refractivity contribution < 1.29 is 9.94 Å². The third-order valence-corrected chi connectivity index (χ3v) is 2.81. The Morgan fingerprint density at radius 1 is 1.26 bits per heavy atom. The van der Waals surface area contributed by atoms with Gasteiger partial charge in [-0.1, -0.05) is 17.3 Å². The molecule has 1 aromatic heterocycles. The van der Waals surface area contributed by atoms with E-state index in [1.54, 1.807) is 19.3 Å². The second-order valence-corrected chi connectivity index (χ2v) is 4.17. The van der Waals surface area contributed by atoms with Gasteiger partial charge in [-0.15, -0.1) is 0 Å². The van der Waals surface area contributed by atoms with Gasteiger partial charge in [-0.05, 0) is 36.8 Å². The average Bonchev–Trinajstić information content (AvgIpc) is 2.48. The van der Waals surface area contributed by atoms with E-state index in [1.165, 1.54) is 5.56 Å². The molecular weight excluding hydrogens is 240 g/mol. The van der Waals surface area contributed by atoms with Crippen LogP contribution in [0.1, 0.15) is 18.1 Å². The van der Waals surface area contributed by atoms with Crippen LogP contribution in [-0.4, -0.2) is 22.5 Å². The summed E-state index contributed by atoms with van der Waals surface area (Å²) >= 11 is 0. The van der Waals surface area contributed by atoms with Gasteiger partial charge in [-0.25, -0.2) is 0 Å². The van der Waals surface area contributed by atoms with E-state index in [0.717, 1.165) is 17.7 Å². The summed E-state index contributed by atoms with van der Waals surface area (Å²) in [6.45, 7) is 2.35. The molecule has 0 aliphatic heterocycles. The second kappa shape index (κ2) is 6.54. The molecule has 0 aliphatic carbocycles. The molecule has 98 valence electrons. The van der Waals surface area contributed by atoms with Crippen molar-refractivity contribution in [2.75, 3.05) is 6.61 Å². The van der Waals surface area contributed by atoms with Gasteiger partial charge in [0.2, 0.25) is 0 Å². The predicted molar refractivity (Wildman–Crippen MR) is 73.9 cm³/mol. The van der Waals surface area contributed by atoms with Crippen molar-refractivity contribution in [3.8, 4) is 5.75 Å². The van der Waals surface area contributed by atoms with E-state index in [4.69, 9.17) is 9.94 Å². The van der Waals surface area contributed by atoms with Gasteiger partial charge < -0.3 is 9.94 Å². The standard InChI is InChI=1S/C15H16N2O2/c1-12(17-18)14-3-2-4-15(11-14)19-10-7-13-5-8-16-9-6-13/h2-6,8-9,11,18H,7,10H2,1H3/b17-12+. The van der Waals surface area contributed by atoms with Crippen molar-refractivity contribution in [3.05, 3.63) is 59.9 Å². The van der Waals surface area contributed by atoms with Crippen LogP contribution in [0.2, 0.25) is 0 Å². The van der Waals surface area contributed by atoms with E-state index in [0.29, 0.717) is 12.3 Å². The van der Waals surface area contributed by atoms with Gasteiger partial charge >= 0.3 is 0 Å². The van der Waals surface area contributed by atoms with Gasteiger partial charge in [0, 0.05) is 24.4 Å². The Morgan fingerprint density at radius 3 is 2.79 bits per heavy atom. The predicted octanol–water partition coefficient (Wildman–Crippen LogP) is 2.90. The zero-order valence-corrected chi connectivity index (χ0v) is 10.8. The second-order valence-electron chi connectivity index (χ2n) is 4.17. The van der Waals surface area contributed by atoms with E-state index in [2.05, 4.69) is 10.1 Å². The van der Waals surface area contributed by atoms with Crippen LogP contribution in [0.15, 0.2) is 53.9 Å². The number of hydrogen-bond donors (Lipinski definition) is 1. The zero-order valence-electron chi connectivity index (χ0n) is 10.8. The molecule has 19 heavy (non-hydrogen) atoms. The third-order valence-electron chi connectivity index (χ3n) is 2.81. The van der Waals surface area contributed by atoms with Crippen LogP contribution in [0, 0.1) is 0 Å². The van der Waals surface area contributed by atoms with Gasteiger partial charge in [0.25, 0.3) is 0 Å². The summed E-state index contributed by atoms with van der Waals surface area (Å²) in [5.41, 5.74) is 2.61. The number of hydrogen-bond acceptors (Lipinski definition) is 4. The fraction of sp³-hybridized carbons (Fsp3) is 0.200. The molecule has 0 saturated heterocycles. The van der Waals surface area contributed by atoms with Crippen molar-refractivity contribution in [3.63, 3.8) is 0 Å². The van der Waals surface area contributed by atoms with Crippen molar-refractivity contribution in [1.29, 1.82) is 0 Å². The van der Waals surface area contributed by atoms with E-state index < -0.39 is 0 Å². The van der Waals surface area contributed by atoms with Gasteiger partial charge in [0.15, 0.2) is 0 Å². The Morgan fingerprint density at radius 2 is 2.05 bits per heavy atom. The maximum absolute atomic E-state index is 8.75. The van der Waals surface area contributed by atoms with E-state index >= 15 is 0 Å². The summed E-state index contributed by atoms with van der Waals surface area (Å²) in [5, 5.41) is 11.9. The fourth-order valence-electron chi connectivity index (χ4n) is 1.70. The number of pyridine rings is 1. The zero-order chi connectivity index (χ0) is 13.5. The Kier molecular flexibility index (Phi) is 4.50. The first-order valence-electron chi connectivity index (χ1n) is 6.10. The van der Waals surface area contributed by atoms with Gasteiger partial charge in [0.1, 0.15) is 5.75 Å². The first-order valence-corrected chi connectivity index (χ1v) is 6.10. The minimum absolute atomic E-state index is 0.569. The first-order chi connectivity index (χ1) is 9.29. The monoisotopic (exact) mass is 256 g/mol. The van der Waals surface area contributed by atoms with Crippen LogP contribution in [0.25, 0.3) is 0 Å². The number of ether oxygens (including phenoxy) is 1. The van der Waals surface area contributed by atoms with E-state index in [9.17, 15) is 0 Å². The Bertz CT molecular complexity index is 553. The Labute approximate surface area is 112 Å². The molecule has 0 radical (unpaired) electrons. The lowest BCUT2D eigenvalue weighted by atomic mass is 10.1. The number of nitrogens with zero attached hydrogens (tertiary/aromatic N) is 2. The number of aromatic nitrogens is 1. The Hall–Kier alpha value is -2.36. The van der Waals surface area contributed by atoms with Gasteiger partial charge in [-0.3, -0.25) is 4.98 Å². The molecule has 4 heteroatoms. The number of rotatable bonds is 5. The quantitative estimate of drug-likeness (QED) is 0.508. The lowest BCUT2D eigenvalue weighted by molar-refractivity contribution is 0.318. The van der Waals surface area contributed by atoms with Crippen LogP contribution in [0.4, 0.5) is 0 Å². The molecule has 1 aromatic carbocycles. The molecule has 0 amide bonds. The molecule has 0 bridgehead atoms. The average molecular weight is 256 g/mol. The van der Waals surface area contributed by atoms with Crippen LogP contribution in [0.5, 0.6) is 5.75 Å². The normalized spacial score (nSPS) is 11.3. The van der Waals surface area contributed by atoms with Crippen LogP contribution >= 0.6 is 0 Å². The lowest BCUT2D eigenvalue weighted by Gasteiger charge is -2.07. The number of benzene rings is 1. The van der Waals surface area contributed by atoms with Crippen molar-refractivity contribution in [2.24, 2.45) is 5.16 Å². The summed E-state index contributed by atoms with van der Waals surface area (Å²) in [7, 11) is 0. The maximum atomic E-state index is 8.75. The highest BCUT2D eigenvalue weighted by atomic mass is 16.5. The summed E-state index contributed by atoms with van der Waals surface area (Å²) in [5.74, 6) is 0.773. The van der Waals surface area contributed by atoms with Gasteiger partial charge in [-0.2, -0.15) is 0 Å². The summed E-state index contributed by atoms with van der Waals surface area (Å²) in [6.07, 6.45) is 4.38. The highest BCUT2D eigenvalue weighted by Crippen LogP contribution is 2.14. The molecule has 0 unspecified atom stereocenters. The fourth-order valence-corrected chi connectivity index (χ4v) is 1.70. The number of oxime groups is 1. The molecule has 0 fully saturated rings. The molecule has 2 rings (SSSR count). The molecule has 0 saturated carbocycles. The first kappa shape index (κ1) is 13.1. The molecule has 4 nitrogen and oxygen atoms in total. The lowest BCUT2D eigenvalue weighted by Crippen LogP contribution is -2.02. The Balaban J connectivity index is 1.93. The van der Waals surface area contributed by atoms with Gasteiger partial charge in [0.05, 0.1) is 12.3 Å². The smallest absolute Gasteiger partial charge is 0.119 e. The summed E-state index contributed by atoms with van der Waals surface area (Å²) in [4.78, 5) is 3.97. The van der Waals surface area contributed by atoms with Crippen molar-refractivity contribution in [1.82, 2.24) is 4.98 Å². The molecule has 1 heterocycles. The van der Waals surface area contributed by atoms with E-state index in [1.807, 2.05) is 36.4 Å². The van der Waals surface area contributed by atoms with Crippen LogP contribution < -0.4 is 4.74 Å². The van der Waals surface area contributed by atoms with Crippen molar-refractivity contribution >= 4 is 5.71 Å². The van der Waals surface area contributed by atoms with Crippen LogP contribution in [-0.2, 0) is 6.42 Å². The summed E-state index contributed by atoms with van der Waals surface area (Å²) < 4.78 is 5.69. The molecular formula is C15H16N2O2. The maximum Gasteiger partial charge on any atom is 0.119 e. The largest absolute Gasteiger partial charge is 0.493 e. The minimum atomic E-state index is 0.569. The highest BCUT2D eigenvalue weighted by molar-refractivity contribution is 5.98.